The molecular weight excluding hydrogens is 371 g/mol. The van der Waals surface area contributed by atoms with Crippen LogP contribution in [-0.2, 0) is 23.8 Å². The van der Waals surface area contributed by atoms with Crippen LogP contribution in [0.4, 0.5) is 22.0 Å². The average molecular weight is 382 g/mol. The molecule has 0 saturated heterocycles. The Morgan fingerprint density at radius 2 is 1.52 bits per heavy atom. The van der Waals surface area contributed by atoms with Crippen LogP contribution < -0.4 is 0 Å². The summed E-state index contributed by atoms with van der Waals surface area (Å²) in [5, 5.41) is 3.27. The fourth-order valence-corrected chi connectivity index (χ4v) is 2.46. The highest BCUT2D eigenvalue weighted by Gasteiger charge is 2.38. The molecule has 1 heterocycles. The van der Waals surface area contributed by atoms with E-state index in [0.717, 1.165) is 18.2 Å². The molecule has 0 bridgehead atoms. The van der Waals surface area contributed by atoms with Gasteiger partial charge in [-0.25, -0.2) is 8.78 Å². The molecule has 4 nitrogen and oxygen atoms in total. The molecule has 0 amide bonds. The molecular formula is C18H11F5N2O2. The first-order chi connectivity index (χ1) is 12.7. The summed E-state index contributed by atoms with van der Waals surface area (Å²) in [6.45, 7) is 0. The third kappa shape index (κ3) is 4.75. The number of rotatable bonds is 5. The van der Waals surface area contributed by atoms with E-state index in [9.17, 15) is 26.7 Å². The minimum atomic E-state index is -4.73. The van der Waals surface area contributed by atoms with Gasteiger partial charge in [-0.15, -0.1) is 0 Å². The molecule has 0 spiro atoms. The van der Waals surface area contributed by atoms with Crippen LogP contribution in [0.2, 0.25) is 0 Å². The Kier molecular flexibility index (Phi) is 5.02. The van der Waals surface area contributed by atoms with Crippen LogP contribution >= 0.6 is 0 Å². The van der Waals surface area contributed by atoms with Crippen molar-refractivity contribution in [2.45, 2.75) is 19.0 Å². The summed E-state index contributed by atoms with van der Waals surface area (Å²) in [7, 11) is 0. The van der Waals surface area contributed by atoms with Crippen molar-refractivity contribution in [3.63, 3.8) is 0 Å². The third-order valence-electron chi connectivity index (χ3n) is 3.61. The van der Waals surface area contributed by atoms with E-state index >= 15 is 0 Å². The van der Waals surface area contributed by atoms with E-state index in [1.165, 1.54) is 24.3 Å². The monoisotopic (exact) mass is 382 g/mol. The number of carbonyl (C=O) groups excluding carboxylic acids is 1. The maximum Gasteiger partial charge on any atom is 0.471 e. The molecule has 2 aromatic carbocycles. The van der Waals surface area contributed by atoms with Gasteiger partial charge in [0.15, 0.2) is 0 Å². The number of hydrogen-bond acceptors (Lipinski definition) is 4. The van der Waals surface area contributed by atoms with Gasteiger partial charge < -0.3 is 4.52 Å². The molecule has 27 heavy (non-hydrogen) atoms. The van der Waals surface area contributed by atoms with Crippen molar-refractivity contribution < 1.29 is 31.3 Å². The van der Waals surface area contributed by atoms with Gasteiger partial charge in [-0.1, -0.05) is 29.4 Å². The van der Waals surface area contributed by atoms with E-state index < -0.39 is 23.7 Å². The van der Waals surface area contributed by atoms with E-state index in [0.29, 0.717) is 5.56 Å². The number of nitrogens with zero attached hydrogens (tertiary/aromatic N) is 2. The molecule has 1 aromatic heterocycles. The molecule has 0 aliphatic rings. The van der Waals surface area contributed by atoms with Crippen molar-refractivity contribution in [1.82, 2.24) is 10.1 Å². The first kappa shape index (κ1) is 18.7. The van der Waals surface area contributed by atoms with Crippen LogP contribution in [0.5, 0.6) is 0 Å². The van der Waals surface area contributed by atoms with Crippen LogP contribution in [0.25, 0.3) is 11.4 Å². The van der Waals surface area contributed by atoms with Gasteiger partial charge in [0.1, 0.15) is 17.4 Å². The number of alkyl halides is 3. The van der Waals surface area contributed by atoms with Crippen molar-refractivity contribution in [2.24, 2.45) is 0 Å². The number of halogens is 5. The van der Waals surface area contributed by atoms with Gasteiger partial charge >= 0.3 is 12.1 Å². The van der Waals surface area contributed by atoms with Crippen molar-refractivity contribution in [3.8, 4) is 11.4 Å². The first-order valence-corrected chi connectivity index (χ1v) is 7.67. The summed E-state index contributed by atoms with van der Waals surface area (Å²) in [5.74, 6) is -3.47. The Labute approximate surface area is 149 Å². The predicted octanol–water partition coefficient (Wildman–Crippen LogP) is 4.39. The third-order valence-corrected chi connectivity index (χ3v) is 3.61. The lowest BCUT2D eigenvalue weighted by molar-refractivity contribution is -0.159. The molecule has 0 atom stereocenters. The molecule has 9 heteroatoms. The lowest BCUT2D eigenvalue weighted by atomic mass is 10.0. The van der Waals surface area contributed by atoms with Crippen molar-refractivity contribution in [1.29, 1.82) is 0 Å². The molecule has 0 saturated carbocycles. The molecule has 0 unspecified atom stereocenters. The van der Waals surface area contributed by atoms with Crippen molar-refractivity contribution in [2.75, 3.05) is 0 Å². The fraction of sp³-hybridized carbons (Fsp3) is 0.167. The zero-order chi connectivity index (χ0) is 19.6. The summed E-state index contributed by atoms with van der Waals surface area (Å²) in [6, 6.07) is 8.85. The van der Waals surface area contributed by atoms with Crippen LogP contribution in [0.1, 0.15) is 17.0 Å². The average Bonchev–Trinajstić information content (AvgIpc) is 3.04. The lowest BCUT2D eigenvalue weighted by Gasteiger charge is -2.04. The van der Waals surface area contributed by atoms with Gasteiger partial charge in [0, 0.05) is 24.5 Å². The normalized spacial score (nSPS) is 11.6. The van der Waals surface area contributed by atoms with Gasteiger partial charge in [-0.05, 0) is 23.3 Å². The predicted molar refractivity (Wildman–Crippen MR) is 83.5 cm³/mol. The number of hydrogen-bond donors (Lipinski definition) is 0. The second-order valence-corrected chi connectivity index (χ2v) is 5.79. The molecule has 0 aliphatic heterocycles. The fourth-order valence-electron chi connectivity index (χ4n) is 2.46. The van der Waals surface area contributed by atoms with E-state index in [1.807, 2.05) is 0 Å². The van der Waals surface area contributed by atoms with Crippen LogP contribution in [0.3, 0.4) is 0 Å². The highest BCUT2D eigenvalue weighted by molar-refractivity contribution is 5.83. The molecule has 3 aromatic rings. The SMILES string of the molecule is O=C(Cc1ccc(-c2noc(C(F)(F)F)n2)cc1)Cc1cc(F)cc(F)c1. The number of Topliss-reactive ketones (excluding diaryl/α,β-unsaturated/α-hetero) is 1. The maximum atomic E-state index is 13.1. The Morgan fingerprint density at radius 3 is 2.07 bits per heavy atom. The smallest absolute Gasteiger partial charge is 0.329 e. The number of carbonyl (C=O) groups is 1. The van der Waals surface area contributed by atoms with Crippen molar-refractivity contribution in [3.05, 3.63) is 71.1 Å². The minimum Gasteiger partial charge on any atom is -0.329 e. The zero-order valence-electron chi connectivity index (χ0n) is 13.6. The van der Waals surface area contributed by atoms with Gasteiger partial charge in [0.05, 0.1) is 0 Å². The molecule has 140 valence electrons. The van der Waals surface area contributed by atoms with Gasteiger partial charge in [0.2, 0.25) is 5.82 Å². The molecule has 0 aliphatic carbocycles. The summed E-state index contributed by atoms with van der Waals surface area (Å²) >= 11 is 0. The van der Waals surface area contributed by atoms with E-state index in [4.69, 9.17) is 0 Å². The number of benzene rings is 2. The van der Waals surface area contributed by atoms with E-state index in [2.05, 4.69) is 14.7 Å². The van der Waals surface area contributed by atoms with E-state index in [1.54, 1.807) is 0 Å². The van der Waals surface area contributed by atoms with Gasteiger partial charge in [-0.3, -0.25) is 4.79 Å². The van der Waals surface area contributed by atoms with Crippen LogP contribution in [0.15, 0.2) is 47.0 Å². The largest absolute Gasteiger partial charge is 0.471 e. The van der Waals surface area contributed by atoms with Crippen LogP contribution in [0, 0.1) is 11.6 Å². The Hall–Kier alpha value is -3.10. The standard InChI is InChI=1S/C18H11F5N2O2/c19-13-5-11(6-14(20)9-13)8-15(26)7-10-1-3-12(4-2-10)16-24-17(27-25-16)18(21,22)23/h1-6,9H,7-8H2. The molecule has 0 radical (unpaired) electrons. The topological polar surface area (TPSA) is 56.0 Å². The Balaban J connectivity index is 1.66. The lowest BCUT2D eigenvalue weighted by Crippen LogP contribution is -2.07. The summed E-state index contributed by atoms with van der Waals surface area (Å²) < 4.78 is 67.9. The highest BCUT2D eigenvalue weighted by Crippen LogP contribution is 2.29. The highest BCUT2D eigenvalue weighted by atomic mass is 19.4. The zero-order valence-corrected chi connectivity index (χ0v) is 13.6. The van der Waals surface area contributed by atoms with Gasteiger partial charge in [0.25, 0.3) is 0 Å². The summed E-state index contributed by atoms with van der Waals surface area (Å²) in [5.41, 5.74) is 1.10. The molecule has 0 N–H and O–H groups in total. The Morgan fingerprint density at radius 1 is 0.926 bits per heavy atom. The maximum absolute atomic E-state index is 13.1. The summed E-state index contributed by atoms with van der Waals surface area (Å²) in [6.07, 6.45) is -4.87. The quantitative estimate of drug-likeness (QED) is 0.615. The molecule has 0 fully saturated rings. The minimum absolute atomic E-state index is 0.00153. The van der Waals surface area contributed by atoms with E-state index in [-0.39, 0.29) is 35.6 Å². The second-order valence-electron chi connectivity index (χ2n) is 5.79. The second kappa shape index (κ2) is 7.26. The Bertz CT molecular complexity index is 944. The van der Waals surface area contributed by atoms with Crippen molar-refractivity contribution >= 4 is 5.78 Å². The first-order valence-electron chi connectivity index (χ1n) is 7.67. The number of aromatic nitrogens is 2. The number of ketones is 1. The van der Waals surface area contributed by atoms with Gasteiger partial charge in [-0.2, -0.15) is 18.2 Å². The van der Waals surface area contributed by atoms with Crippen LogP contribution in [-0.4, -0.2) is 15.9 Å². The molecule has 3 rings (SSSR count). The summed E-state index contributed by atoms with van der Waals surface area (Å²) in [4.78, 5) is 15.3.